The van der Waals surface area contributed by atoms with Gasteiger partial charge >= 0.3 is 0 Å². The molecule has 9 heterocycles. The second-order valence-corrected chi connectivity index (χ2v) is 39.4. The fraction of sp³-hybridized carbons (Fsp3) is 0. The van der Waals surface area contributed by atoms with E-state index in [9.17, 15) is 0 Å². The Morgan fingerprint density at radius 2 is 0.409 bits per heavy atom. The predicted molar refractivity (Wildman–Crippen MR) is 627 cm³/mol. The first-order chi connectivity index (χ1) is 73.9. The van der Waals surface area contributed by atoms with E-state index in [1.807, 2.05) is 36.8 Å². The lowest BCUT2D eigenvalue weighted by Crippen LogP contribution is -1.95. The Hall–Kier alpha value is -20.0. The van der Waals surface area contributed by atoms with Crippen LogP contribution in [0.3, 0.4) is 0 Å². The van der Waals surface area contributed by atoms with Crippen LogP contribution in [0.2, 0.25) is 0 Å². The Balaban J connectivity index is 0.000000103. The number of imidazole rings is 3. The summed E-state index contributed by atoms with van der Waals surface area (Å²) < 4.78 is 7.01. The highest BCUT2D eigenvalue weighted by atomic mass is 15.0. The normalized spacial score (nSPS) is 12.0. The van der Waals surface area contributed by atoms with E-state index >= 15 is 0 Å². The van der Waals surface area contributed by atoms with Crippen LogP contribution in [0.1, 0.15) is 0 Å². The van der Waals surface area contributed by atoms with Crippen LogP contribution in [-0.2, 0) is 0 Å². The van der Waals surface area contributed by atoms with Crippen LogP contribution in [0.4, 0.5) is 0 Å². The fourth-order valence-corrected chi connectivity index (χ4v) is 24.5. The monoisotopic (exact) mass is 1890 g/mol. The van der Waals surface area contributed by atoms with Gasteiger partial charge in [0.25, 0.3) is 0 Å². The van der Waals surface area contributed by atoms with E-state index in [-0.39, 0.29) is 0 Å². The summed E-state index contributed by atoms with van der Waals surface area (Å²) in [5.74, 6) is 0. The highest BCUT2D eigenvalue weighted by molar-refractivity contribution is 6.30. The van der Waals surface area contributed by atoms with Gasteiger partial charge in [-0.3, -0.25) is 28.2 Å². The molecule has 24 aromatic carbocycles. The SMILES string of the molecule is c1cc(-c2ccc3ccccc3c2)cc(-c2ccc3c4ccc5cccnc5c4c4nc5ccccc5n4c3c2)c1.c1ccc2c(-c3c4ccccc4c(-c4ccc5c6ccc7cccnc7c6c6nc7ccccc7n6c5c4)c4ccccc34)cccc2c1.c1ccc2cc(-c3c4ccccc4c(-c4ccc5ccccc5c4)c4cc(-c5ccc6c7ccc8cccnc8c7c7nc8ccccc8n7c6c5)ccc34)ccc2c1. The maximum atomic E-state index is 5.26. The largest absolute Gasteiger partial charge is 0.292 e. The minimum absolute atomic E-state index is 0.929. The molecule has 9 nitrogen and oxygen atoms in total. The zero-order valence-corrected chi connectivity index (χ0v) is 80.4. The van der Waals surface area contributed by atoms with E-state index in [1.165, 1.54) is 180 Å². The first-order valence-corrected chi connectivity index (χ1v) is 50.9. The van der Waals surface area contributed by atoms with Gasteiger partial charge in [0.05, 0.1) is 82.4 Å². The Morgan fingerprint density at radius 1 is 0.141 bits per heavy atom. The molecule has 0 aliphatic rings. The van der Waals surface area contributed by atoms with E-state index in [0.717, 1.165) is 132 Å². The van der Waals surface area contributed by atoms with E-state index in [0.29, 0.717) is 0 Å². The Morgan fingerprint density at radius 3 is 0.839 bits per heavy atom. The number of para-hydroxylation sites is 6. The molecule has 0 atom stereocenters. The summed E-state index contributed by atoms with van der Waals surface area (Å²) in [6.07, 6.45) is 5.64. The molecule has 149 heavy (non-hydrogen) atoms. The minimum Gasteiger partial charge on any atom is -0.292 e. The smallest absolute Gasteiger partial charge is 0.148 e. The first-order valence-electron chi connectivity index (χ1n) is 50.9. The van der Waals surface area contributed by atoms with Crippen molar-refractivity contribution in [1.29, 1.82) is 0 Å². The van der Waals surface area contributed by atoms with Crippen molar-refractivity contribution in [2.45, 2.75) is 0 Å². The lowest BCUT2D eigenvalue weighted by Gasteiger charge is -2.19. The summed E-state index contributed by atoms with van der Waals surface area (Å²) in [6, 6.07) is 176. The maximum Gasteiger partial charge on any atom is 0.148 e. The molecule has 33 rings (SSSR count). The van der Waals surface area contributed by atoms with Crippen molar-refractivity contribution < 1.29 is 0 Å². The van der Waals surface area contributed by atoms with Crippen LogP contribution >= 0.6 is 0 Å². The Bertz CT molecular complexity index is 11500. The van der Waals surface area contributed by atoms with E-state index in [2.05, 4.69) is 480 Å². The van der Waals surface area contributed by atoms with Crippen molar-refractivity contribution in [2.24, 2.45) is 0 Å². The van der Waals surface area contributed by atoms with Crippen molar-refractivity contribution in [3.8, 4) is 77.9 Å². The summed E-state index contributed by atoms with van der Waals surface area (Å²) in [6.45, 7) is 0. The molecule has 0 fully saturated rings. The van der Waals surface area contributed by atoms with E-state index in [4.69, 9.17) is 29.9 Å². The highest BCUT2D eigenvalue weighted by Crippen LogP contribution is 2.52. The molecular formula is C140H83N9. The van der Waals surface area contributed by atoms with Crippen molar-refractivity contribution in [1.82, 2.24) is 43.1 Å². The van der Waals surface area contributed by atoms with Gasteiger partial charge in [0.1, 0.15) is 16.9 Å². The first kappa shape index (κ1) is 83.6. The number of hydrogen-bond acceptors (Lipinski definition) is 6. The number of benzene rings is 24. The van der Waals surface area contributed by atoms with Gasteiger partial charge in [-0.05, 0) is 283 Å². The number of hydrogen-bond donors (Lipinski definition) is 0. The summed E-state index contributed by atoms with van der Waals surface area (Å²) in [5.41, 5.74) is 32.4. The van der Waals surface area contributed by atoms with Gasteiger partial charge in [-0.2, -0.15) is 0 Å². The van der Waals surface area contributed by atoms with Gasteiger partial charge in [-0.25, -0.2) is 15.0 Å². The van der Waals surface area contributed by atoms with Crippen molar-refractivity contribution in [2.75, 3.05) is 0 Å². The highest BCUT2D eigenvalue weighted by Gasteiger charge is 2.27. The molecule has 33 aromatic rings. The zero-order chi connectivity index (χ0) is 97.6. The molecule has 0 amide bonds. The molecule has 0 saturated heterocycles. The number of fused-ring (bicyclic) bond motifs is 38. The van der Waals surface area contributed by atoms with Crippen molar-refractivity contribution >= 4 is 234 Å². The van der Waals surface area contributed by atoms with Gasteiger partial charge < -0.3 is 0 Å². The molecule has 0 spiro atoms. The number of rotatable bonds is 7. The summed E-state index contributed by atoms with van der Waals surface area (Å²) in [5, 5.41) is 33.6. The molecule has 0 aliphatic heterocycles. The average Bonchev–Trinajstić information content (AvgIpc) is 1.63. The molecule has 0 bridgehead atoms. The van der Waals surface area contributed by atoms with Gasteiger partial charge in [0.2, 0.25) is 0 Å². The fourth-order valence-electron chi connectivity index (χ4n) is 24.5. The number of nitrogens with zero attached hydrogens (tertiary/aromatic N) is 9. The van der Waals surface area contributed by atoms with Crippen LogP contribution in [0, 0.1) is 0 Å². The molecule has 688 valence electrons. The van der Waals surface area contributed by atoms with Crippen molar-refractivity contribution in [3.63, 3.8) is 0 Å². The lowest BCUT2D eigenvalue weighted by molar-refractivity contribution is 1.31. The maximum absolute atomic E-state index is 5.26. The zero-order valence-electron chi connectivity index (χ0n) is 80.4. The van der Waals surface area contributed by atoms with Gasteiger partial charge in [0, 0.05) is 50.9 Å². The van der Waals surface area contributed by atoms with Crippen LogP contribution in [-0.4, -0.2) is 43.1 Å². The average molecular weight is 1890 g/mol. The Labute approximate surface area is 852 Å². The molecule has 0 unspecified atom stereocenters. The summed E-state index contributed by atoms with van der Waals surface area (Å²) in [4.78, 5) is 30.2. The third-order valence-corrected chi connectivity index (χ3v) is 31.3. The quantitative estimate of drug-likeness (QED) is 0.117. The minimum atomic E-state index is 0.929. The topological polar surface area (TPSA) is 90.6 Å². The molecule has 9 heteroatoms. The molecule has 9 aromatic heterocycles. The molecule has 0 saturated carbocycles. The number of aromatic nitrogens is 9. The van der Waals surface area contributed by atoms with Crippen LogP contribution in [0.25, 0.3) is 312 Å². The van der Waals surface area contributed by atoms with Gasteiger partial charge in [0.15, 0.2) is 0 Å². The third-order valence-electron chi connectivity index (χ3n) is 31.3. The van der Waals surface area contributed by atoms with Crippen molar-refractivity contribution in [3.05, 3.63) is 504 Å². The lowest BCUT2D eigenvalue weighted by atomic mass is 9.84. The molecule has 0 N–H and O–H groups in total. The van der Waals surface area contributed by atoms with Crippen LogP contribution in [0.15, 0.2) is 504 Å². The second-order valence-electron chi connectivity index (χ2n) is 39.4. The Kier molecular flexibility index (Phi) is 18.7. The van der Waals surface area contributed by atoms with Crippen LogP contribution in [0.5, 0.6) is 0 Å². The van der Waals surface area contributed by atoms with Crippen LogP contribution < -0.4 is 0 Å². The standard InChI is InChI=1S/C56H33N3.C46H27N3.C38H23N3/c1-3-12-37-30-41(21-19-34(37)10-1)52-44-15-5-6-16-45(44)53(42-22-20-35-11-2-4-13-38(35)31-42)48-32-39(25-28-47(48)52)40-24-26-43-46-27-23-36-14-9-29-57-55(36)54(46)56-58-49-17-7-8-18-50(49)59(56)51(43)33-40;1-2-14-31-28(11-1)12-9-19-33(31)43-36-17-5-3-15-34(36)42(35-16-4-6-18-37(35)43)30-23-24-32-38-25-22-29-13-10-26-47-45(29)44(38)46-48-39-20-7-8-21-40(39)49(46)41(32)27-30;1-2-8-26-21-29(15-14-24(26)7-1)27-9-5-10-28(22-27)30-17-18-31-32-19-16-25-11-6-20-39-37(25)36(32)38-40-33-12-3-4-13-34(33)41(38)35(31)23-30/h1-33H;1-27H;1-23H. The van der Waals surface area contributed by atoms with E-state index in [1.54, 1.807) is 0 Å². The molecule has 0 aliphatic carbocycles. The molecule has 0 radical (unpaired) electrons. The van der Waals surface area contributed by atoms with E-state index < -0.39 is 0 Å². The molecular weight excluding hydrogens is 1810 g/mol. The number of pyridine rings is 6. The summed E-state index contributed by atoms with van der Waals surface area (Å²) >= 11 is 0. The predicted octanol–water partition coefficient (Wildman–Crippen LogP) is 36.9. The summed E-state index contributed by atoms with van der Waals surface area (Å²) in [7, 11) is 0. The third kappa shape index (κ3) is 13.2. The van der Waals surface area contributed by atoms with Gasteiger partial charge in [-0.15, -0.1) is 0 Å². The second kappa shape index (κ2) is 33.3. The van der Waals surface area contributed by atoms with Gasteiger partial charge in [-0.1, -0.05) is 382 Å².